The molecule has 0 aromatic carbocycles. The van der Waals surface area contributed by atoms with Crippen LogP contribution >= 0.6 is 0 Å². The van der Waals surface area contributed by atoms with Crippen molar-refractivity contribution in [3.8, 4) is 6.07 Å². The van der Waals surface area contributed by atoms with Gasteiger partial charge in [0.2, 0.25) is 0 Å². The minimum Gasteiger partial charge on any atom is -0.444 e. The summed E-state index contributed by atoms with van der Waals surface area (Å²) in [7, 11) is 0. The molecule has 2 fully saturated rings. The predicted octanol–water partition coefficient (Wildman–Crippen LogP) is 1.96. The molecule has 7 nitrogen and oxygen atoms in total. The molecule has 0 aliphatic carbocycles. The molecule has 0 unspecified atom stereocenters. The molecular formula is C18H28N4O3. The summed E-state index contributed by atoms with van der Waals surface area (Å²) in [5.41, 5.74) is -0.337. The van der Waals surface area contributed by atoms with Crippen molar-refractivity contribution < 1.29 is 14.3 Å². The van der Waals surface area contributed by atoms with Crippen molar-refractivity contribution in [3.05, 3.63) is 11.8 Å². The highest BCUT2D eigenvalue weighted by Crippen LogP contribution is 2.15. The number of hydrogen-bond acceptors (Lipinski definition) is 5. The molecule has 0 aromatic rings. The van der Waals surface area contributed by atoms with Gasteiger partial charge in [0, 0.05) is 45.5 Å². The van der Waals surface area contributed by atoms with Gasteiger partial charge in [0.25, 0.3) is 5.91 Å². The summed E-state index contributed by atoms with van der Waals surface area (Å²) < 4.78 is 5.37. The molecule has 7 heteroatoms. The Morgan fingerprint density at radius 3 is 2.08 bits per heavy atom. The number of hydrogen-bond donors (Lipinski definition) is 0. The molecule has 2 aliphatic heterocycles. The lowest BCUT2D eigenvalue weighted by molar-refractivity contribution is -0.127. The number of ether oxygens (including phenoxy) is 1. The molecule has 0 radical (unpaired) electrons. The number of nitrogens with zero attached hydrogens (tertiary/aromatic N) is 4. The van der Waals surface area contributed by atoms with Gasteiger partial charge >= 0.3 is 6.09 Å². The van der Waals surface area contributed by atoms with Gasteiger partial charge in [-0.2, -0.15) is 5.26 Å². The Labute approximate surface area is 149 Å². The quantitative estimate of drug-likeness (QED) is 0.563. The van der Waals surface area contributed by atoms with Crippen LogP contribution in [0.4, 0.5) is 4.79 Å². The third-order valence-corrected chi connectivity index (χ3v) is 4.27. The van der Waals surface area contributed by atoms with E-state index in [-0.39, 0.29) is 17.6 Å². The van der Waals surface area contributed by atoms with Gasteiger partial charge < -0.3 is 19.4 Å². The van der Waals surface area contributed by atoms with Gasteiger partial charge in [-0.15, -0.1) is 0 Å². The highest BCUT2D eigenvalue weighted by Gasteiger charge is 2.26. The molecule has 2 heterocycles. The predicted molar refractivity (Wildman–Crippen MR) is 93.5 cm³/mol. The summed E-state index contributed by atoms with van der Waals surface area (Å²) >= 11 is 0. The summed E-state index contributed by atoms with van der Waals surface area (Å²) in [6.45, 7) is 9.17. The van der Waals surface area contributed by atoms with Crippen molar-refractivity contribution in [2.24, 2.45) is 0 Å². The summed E-state index contributed by atoms with van der Waals surface area (Å²) in [4.78, 5) is 29.9. The average molecular weight is 348 g/mol. The van der Waals surface area contributed by atoms with Crippen LogP contribution in [0.15, 0.2) is 11.8 Å². The topological polar surface area (TPSA) is 76.9 Å². The number of amides is 2. The molecule has 2 saturated heterocycles. The minimum absolute atomic E-state index is 0.174. The molecule has 138 valence electrons. The summed E-state index contributed by atoms with van der Waals surface area (Å²) in [5, 5.41) is 9.35. The van der Waals surface area contributed by atoms with Crippen LogP contribution in [0.5, 0.6) is 0 Å². The van der Waals surface area contributed by atoms with Gasteiger partial charge in [0.15, 0.2) is 0 Å². The summed E-state index contributed by atoms with van der Waals surface area (Å²) in [6, 6.07) is 2.03. The fourth-order valence-electron chi connectivity index (χ4n) is 2.94. The van der Waals surface area contributed by atoms with Gasteiger partial charge in [-0.3, -0.25) is 4.79 Å². The zero-order valence-electron chi connectivity index (χ0n) is 15.5. The molecule has 0 N–H and O–H groups in total. The maximum Gasteiger partial charge on any atom is 0.410 e. The van der Waals surface area contributed by atoms with E-state index in [1.54, 1.807) is 16.0 Å². The lowest BCUT2D eigenvalue weighted by Gasteiger charge is -2.35. The van der Waals surface area contributed by atoms with Gasteiger partial charge in [0.1, 0.15) is 17.2 Å². The van der Waals surface area contributed by atoms with E-state index in [2.05, 4.69) is 0 Å². The van der Waals surface area contributed by atoms with E-state index >= 15 is 0 Å². The van der Waals surface area contributed by atoms with Crippen molar-refractivity contribution in [2.75, 3.05) is 39.3 Å². The van der Waals surface area contributed by atoms with Crippen LogP contribution in [0.1, 0.15) is 40.0 Å². The zero-order chi connectivity index (χ0) is 18.4. The fourth-order valence-corrected chi connectivity index (χ4v) is 2.94. The number of carbonyl (C=O) groups is 2. The largest absolute Gasteiger partial charge is 0.444 e. The van der Waals surface area contributed by atoms with Crippen molar-refractivity contribution in [1.82, 2.24) is 14.7 Å². The highest BCUT2D eigenvalue weighted by molar-refractivity contribution is 5.97. The second-order valence-electron chi connectivity index (χ2n) is 7.51. The first-order chi connectivity index (χ1) is 11.8. The smallest absolute Gasteiger partial charge is 0.410 e. The normalized spacial score (nSPS) is 19.4. The minimum atomic E-state index is -0.511. The second kappa shape index (κ2) is 8.24. The number of likely N-dealkylation sites (tertiary alicyclic amines) is 1. The molecule has 2 amide bonds. The fraction of sp³-hybridized carbons (Fsp3) is 0.722. The van der Waals surface area contributed by atoms with Crippen LogP contribution in [0.25, 0.3) is 0 Å². The number of piperidine rings is 1. The molecule has 25 heavy (non-hydrogen) atoms. The van der Waals surface area contributed by atoms with Crippen LogP contribution in [0.2, 0.25) is 0 Å². The average Bonchev–Trinajstić information content (AvgIpc) is 2.59. The standard InChI is InChI=1S/C18H28N4O3/c1-18(2,3)25-17(24)22-11-9-20(10-12-22)14-15(13-19)16(23)21-7-5-4-6-8-21/h14H,4-12H2,1-3H3/b15-14-. The first-order valence-electron chi connectivity index (χ1n) is 8.93. The number of nitriles is 1. The van der Waals surface area contributed by atoms with Crippen molar-refractivity contribution in [3.63, 3.8) is 0 Å². The Morgan fingerprint density at radius 2 is 1.56 bits per heavy atom. The maximum absolute atomic E-state index is 12.5. The Bertz CT molecular complexity index is 560. The molecular weight excluding hydrogens is 320 g/mol. The lowest BCUT2D eigenvalue weighted by atomic mass is 10.1. The van der Waals surface area contributed by atoms with Gasteiger partial charge in [-0.05, 0) is 40.0 Å². The summed E-state index contributed by atoms with van der Waals surface area (Å²) in [6.07, 6.45) is 4.46. The lowest BCUT2D eigenvalue weighted by Crippen LogP contribution is -2.48. The van der Waals surface area contributed by atoms with E-state index in [0.29, 0.717) is 26.2 Å². The third-order valence-electron chi connectivity index (χ3n) is 4.27. The van der Waals surface area contributed by atoms with Crippen LogP contribution in [-0.2, 0) is 9.53 Å². The number of rotatable bonds is 2. The first kappa shape index (κ1) is 19.1. The molecule has 0 saturated carbocycles. The first-order valence-corrected chi connectivity index (χ1v) is 8.93. The van der Waals surface area contributed by atoms with E-state index in [1.807, 2.05) is 31.7 Å². The molecule has 2 rings (SSSR count). The van der Waals surface area contributed by atoms with Gasteiger partial charge in [-0.1, -0.05) is 0 Å². The third kappa shape index (κ3) is 5.66. The Hall–Kier alpha value is -2.23. The van der Waals surface area contributed by atoms with E-state index < -0.39 is 5.60 Å². The molecule has 2 aliphatic rings. The van der Waals surface area contributed by atoms with Crippen LogP contribution in [0, 0.1) is 11.3 Å². The molecule has 0 spiro atoms. The van der Waals surface area contributed by atoms with Crippen LogP contribution in [-0.4, -0.2) is 71.6 Å². The molecule has 0 bridgehead atoms. The van der Waals surface area contributed by atoms with Crippen molar-refractivity contribution >= 4 is 12.0 Å². The summed E-state index contributed by atoms with van der Waals surface area (Å²) in [5.74, 6) is -0.184. The van der Waals surface area contributed by atoms with E-state index in [1.165, 1.54) is 0 Å². The molecule has 0 atom stereocenters. The Kier molecular flexibility index (Phi) is 6.29. The van der Waals surface area contributed by atoms with Crippen LogP contribution in [0.3, 0.4) is 0 Å². The van der Waals surface area contributed by atoms with E-state index in [4.69, 9.17) is 4.74 Å². The zero-order valence-corrected chi connectivity index (χ0v) is 15.5. The van der Waals surface area contributed by atoms with Gasteiger partial charge in [-0.25, -0.2) is 4.79 Å². The Morgan fingerprint density at radius 1 is 0.960 bits per heavy atom. The SMILES string of the molecule is CC(C)(C)OC(=O)N1CCN(/C=C(/C#N)C(=O)N2CCCCC2)CC1. The van der Waals surface area contributed by atoms with E-state index in [0.717, 1.165) is 32.4 Å². The van der Waals surface area contributed by atoms with Gasteiger partial charge in [0.05, 0.1) is 0 Å². The Balaban J connectivity index is 1.90. The highest BCUT2D eigenvalue weighted by atomic mass is 16.6. The number of carbonyl (C=O) groups excluding carboxylic acids is 2. The number of piperazine rings is 1. The van der Waals surface area contributed by atoms with Crippen LogP contribution < -0.4 is 0 Å². The van der Waals surface area contributed by atoms with Crippen molar-refractivity contribution in [1.29, 1.82) is 5.26 Å². The van der Waals surface area contributed by atoms with Crippen molar-refractivity contribution in [2.45, 2.75) is 45.6 Å². The monoisotopic (exact) mass is 348 g/mol. The second-order valence-corrected chi connectivity index (χ2v) is 7.51. The maximum atomic E-state index is 12.5. The van der Waals surface area contributed by atoms with E-state index in [9.17, 15) is 14.9 Å². The molecule has 0 aromatic heterocycles.